The Balaban J connectivity index is 1.83. The van der Waals surface area contributed by atoms with Gasteiger partial charge in [-0.3, -0.25) is 9.69 Å². The van der Waals surface area contributed by atoms with E-state index in [1.807, 2.05) is 6.92 Å². The Kier molecular flexibility index (Phi) is 4.00. The van der Waals surface area contributed by atoms with Gasteiger partial charge in [0, 0.05) is 11.5 Å². The number of thioether (sulfide) groups is 2. The second kappa shape index (κ2) is 5.64. The number of carbonyl (C=O) groups excluding carboxylic acids is 1. The number of thiazole rings is 1. The standard InChI is InChI=1S/C12H12N2O4S3/c1-5-12(21-4-13-5)20-3-6-2-19-10-8(15)9(16)14(10)7(6)11(17)18/h4,8,10,15H,2-3H2,1H3,(H,17,18)/t8-,10-/m1/s1. The number of aromatic nitrogens is 1. The van der Waals surface area contributed by atoms with Crippen molar-refractivity contribution in [3.63, 3.8) is 0 Å². The van der Waals surface area contributed by atoms with Gasteiger partial charge in [0.15, 0.2) is 6.10 Å². The second-order valence-electron chi connectivity index (χ2n) is 4.63. The Morgan fingerprint density at radius 1 is 1.62 bits per heavy atom. The second-order valence-corrected chi connectivity index (χ2v) is 7.83. The van der Waals surface area contributed by atoms with Crippen molar-refractivity contribution in [1.82, 2.24) is 9.88 Å². The van der Waals surface area contributed by atoms with E-state index in [1.165, 1.54) is 39.8 Å². The highest BCUT2D eigenvalue weighted by molar-refractivity contribution is 8.02. The molecule has 0 saturated carbocycles. The molecule has 0 aromatic carbocycles. The van der Waals surface area contributed by atoms with Crippen LogP contribution in [0.15, 0.2) is 21.0 Å². The lowest BCUT2D eigenvalue weighted by Gasteiger charge is -2.47. The first-order valence-electron chi connectivity index (χ1n) is 6.11. The number of hydrogen-bond donors (Lipinski definition) is 2. The molecular formula is C12H12N2O4S3. The highest BCUT2D eigenvalue weighted by atomic mass is 32.2. The lowest BCUT2D eigenvalue weighted by molar-refractivity contribution is -0.159. The smallest absolute Gasteiger partial charge is 0.352 e. The summed E-state index contributed by atoms with van der Waals surface area (Å²) in [4.78, 5) is 28.5. The quantitative estimate of drug-likeness (QED) is 0.625. The number of fused-ring (bicyclic) bond motifs is 1. The molecule has 2 atom stereocenters. The fourth-order valence-corrected chi connectivity index (χ4v) is 5.53. The van der Waals surface area contributed by atoms with E-state index >= 15 is 0 Å². The van der Waals surface area contributed by atoms with Gasteiger partial charge in [0.25, 0.3) is 5.91 Å². The number of carboxylic acid groups (broad SMARTS) is 1. The van der Waals surface area contributed by atoms with Crippen molar-refractivity contribution < 1.29 is 19.8 Å². The van der Waals surface area contributed by atoms with Crippen LogP contribution in [0.25, 0.3) is 0 Å². The number of carboxylic acids is 1. The number of rotatable bonds is 4. The number of nitrogens with zero attached hydrogens (tertiary/aromatic N) is 2. The topological polar surface area (TPSA) is 90.7 Å². The van der Waals surface area contributed by atoms with Gasteiger partial charge in [-0.2, -0.15) is 0 Å². The minimum absolute atomic E-state index is 0.0312. The molecule has 1 aromatic rings. The van der Waals surface area contributed by atoms with Crippen molar-refractivity contribution in [2.75, 3.05) is 11.5 Å². The fraction of sp³-hybridized carbons (Fsp3) is 0.417. The summed E-state index contributed by atoms with van der Waals surface area (Å²) in [7, 11) is 0. The largest absolute Gasteiger partial charge is 0.477 e. The molecule has 0 spiro atoms. The monoisotopic (exact) mass is 344 g/mol. The summed E-state index contributed by atoms with van der Waals surface area (Å²) >= 11 is 4.45. The van der Waals surface area contributed by atoms with Crippen LogP contribution in [-0.2, 0) is 9.59 Å². The molecule has 21 heavy (non-hydrogen) atoms. The molecule has 1 fully saturated rings. The first-order chi connectivity index (χ1) is 10.0. The normalized spacial score (nSPS) is 24.9. The molecule has 112 valence electrons. The third kappa shape index (κ3) is 2.48. The molecule has 2 N–H and O–H groups in total. The van der Waals surface area contributed by atoms with Crippen LogP contribution >= 0.6 is 34.9 Å². The molecule has 1 saturated heterocycles. The van der Waals surface area contributed by atoms with Crippen LogP contribution in [0.1, 0.15) is 5.69 Å². The van der Waals surface area contributed by atoms with Gasteiger partial charge in [0.2, 0.25) is 0 Å². The van der Waals surface area contributed by atoms with Gasteiger partial charge in [0.05, 0.1) is 15.4 Å². The van der Waals surface area contributed by atoms with Gasteiger partial charge >= 0.3 is 5.97 Å². The van der Waals surface area contributed by atoms with E-state index in [0.717, 1.165) is 9.90 Å². The summed E-state index contributed by atoms with van der Waals surface area (Å²) in [6.45, 7) is 1.91. The molecule has 0 unspecified atom stereocenters. The first-order valence-corrected chi connectivity index (χ1v) is 9.03. The number of hydrogen-bond acceptors (Lipinski definition) is 7. The fourth-order valence-electron chi connectivity index (χ4n) is 2.22. The number of aliphatic carboxylic acids is 1. The Bertz CT molecular complexity index is 642. The van der Waals surface area contributed by atoms with Gasteiger partial charge in [-0.05, 0) is 12.5 Å². The van der Waals surface area contributed by atoms with E-state index in [1.54, 1.807) is 5.51 Å². The maximum atomic E-state index is 11.7. The van der Waals surface area contributed by atoms with E-state index in [0.29, 0.717) is 17.1 Å². The minimum atomic E-state index is -1.11. The number of aryl methyl sites for hydroxylation is 1. The summed E-state index contributed by atoms with van der Waals surface area (Å²) in [5, 5.41) is 18.5. The van der Waals surface area contributed by atoms with Crippen molar-refractivity contribution in [2.45, 2.75) is 22.6 Å². The van der Waals surface area contributed by atoms with E-state index < -0.39 is 23.4 Å². The number of amides is 1. The summed E-state index contributed by atoms with van der Waals surface area (Å²) in [6.07, 6.45) is -1.08. The molecule has 0 bridgehead atoms. The zero-order chi connectivity index (χ0) is 15.1. The van der Waals surface area contributed by atoms with Crippen molar-refractivity contribution in [1.29, 1.82) is 0 Å². The average molecular weight is 344 g/mol. The van der Waals surface area contributed by atoms with Crippen LogP contribution in [-0.4, -0.2) is 55.0 Å². The third-order valence-electron chi connectivity index (χ3n) is 3.30. The molecule has 1 amide bonds. The number of β-lactam (4-membered cyclic amide) rings is 1. The van der Waals surface area contributed by atoms with Crippen molar-refractivity contribution in [3.05, 3.63) is 22.5 Å². The van der Waals surface area contributed by atoms with Crippen molar-refractivity contribution in [2.24, 2.45) is 0 Å². The minimum Gasteiger partial charge on any atom is -0.477 e. The lowest BCUT2D eigenvalue weighted by Crippen LogP contribution is -2.64. The Morgan fingerprint density at radius 3 is 3.00 bits per heavy atom. The number of aliphatic hydroxyl groups is 1. The first kappa shape index (κ1) is 14.9. The van der Waals surface area contributed by atoms with E-state index in [4.69, 9.17) is 0 Å². The van der Waals surface area contributed by atoms with Gasteiger partial charge in [0.1, 0.15) is 11.1 Å². The Morgan fingerprint density at radius 2 is 2.38 bits per heavy atom. The van der Waals surface area contributed by atoms with E-state index in [2.05, 4.69) is 4.98 Å². The van der Waals surface area contributed by atoms with Gasteiger partial charge in [-0.1, -0.05) is 0 Å². The zero-order valence-electron chi connectivity index (χ0n) is 11.0. The predicted octanol–water partition coefficient (Wildman–Crippen LogP) is 1.16. The third-order valence-corrected chi connectivity index (χ3v) is 7.04. The van der Waals surface area contributed by atoms with Crippen molar-refractivity contribution >= 4 is 46.7 Å². The molecule has 0 aliphatic carbocycles. The van der Waals surface area contributed by atoms with Crippen LogP contribution in [0, 0.1) is 6.92 Å². The molecule has 1 aromatic heterocycles. The number of carbonyl (C=O) groups is 2. The molecule has 0 radical (unpaired) electrons. The predicted molar refractivity (Wildman–Crippen MR) is 81.3 cm³/mol. The summed E-state index contributed by atoms with van der Waals surface area (Å²) < 4.78 is 1.05. The maximum Gasteiger partial charge on any atom is 0.352 e. The van der Waals surface area contributed by atoms with Crippen LogP contribution in [0.3, 0.4) is 0 Å². The van der Waals surface area contributed by atoms with Crippen LogP contribution in [0.2, 0.25) is 0 Å². The molecule has 2 aliphatic rings. The van der Waals surface area contributed by atoms with Gasteiger partial charge in [-0.25, -0.2) is 9.78 Å². The molecule has 2 aliphatic heterocycles. The summed E-state index contributed by atoms with van der Waals surface area (Å²) in [6, 6.07) is 0. The maximum absolute atomic E-state index is 11.7. The Labute approximate surface area is 133 Å². The van der Waals surface area contributed by atoms with E-state index in [9.17, 15) is 19.8 Å². The van der Waals surface area contributed by atoms with Gasteiger partial charge < -0.3 is 10.2 Å². The SMILES string of the molecule is Cc1ncsc1SCC1=C(C(=O)O)N2C(=O)[C@@H](O)[C@H]2SC1. The summed E-state index contributed by atoms with van der Waals surface area (Å²) in [5.41, 5.74) is 3.43. The lowest BCUT2D eigenvalue weighted by atomic mass is 10.1. The molecule has 3 rings (SSSR count). The van der Waals surface area contributed by atoms with Gasteiger partial charge in [-0.15, -0.1) is 34.9 Å². The van der Waals surface area contributed by atoms with Crippen LogP contribution < -0.4 is 0 Å². The molecule has 3 heterocycles. The highest BCUT2D eigenvalue weighted by Crippen LogP contribution is 2.41. The molecule has 9 heteroatoms. The molecular weight excluding hydrogens is 332 g/mol. The van der Waals surface area contributed by atoms with E-state index in [-0.39, 0.29) is 5.70 Å². The van der Waals surface area contributed by atoms with Crippen molar-refractivity contribution in [3.8, 4) is 0 Å². The van der Waals surface area contributed by atoms with Crippen LogP contribution in [0.5, 0.6) is 0 Å². The van der Waals surface area contributed by atoms with Crippen LogP contribution in [0.4, 0.5) is 0 Å². The molecule has 6 nitrogen and oxygen atoms in total. The Hall–Kier alpha value is -1.03. The zero-order valence-corrected chi connectivity index (χ0v) is 13.4. The summed E-state index contributed by atoms with van der Waals surface area (Å²) in [5.74, 6) is -0.624. The highest BCUT2D eigenvalue weighted by Gasteiger charge is 2.52. The average Bonchev–Trinajstić information content (AvgIpc) is 2.88. The number of aliphatic hydroxyl groups excluding tert-OH is 1.